The van der Waals surface area contributed by atoms with E-state index in [1.165, 1.54) is 28.1 Å². The molecule has 3 aromatic rings. The van der Waals surface area contributed by atoms with Gasteiger partial charge in [-0.05, 0) is 66.7 Å². The summed E-state index contributed by atoms with van der Waals surface area (Å²) in [5, 5.41) is 18.4. The topological polar surface area (TPSA) is 58.4 Å². The molecule has 0 spiro atoms. The predicted molar refractivity (Wildman–Crippen MR) is 134 cm³/mol. The standard InChI is InChI=1S/C26H28N6S/c1-30-15-21-11-19(7-8-23(21)31(30)2)25-24(18-5-3-17(12-27)4-6-18)29-26(33-25)32-10-9-20-13-28-14-22(20)16-32/h3-8,11,20,22,28H,9-10,13-16H2,1-2H3. The van der Waals surface area contributed by atoms with Gasteiger partial charge in [0.2, 0.25) is 0 Å². The van der Waals surface area contributed by atoms with E-state index in [2.05, 4.69) is 58.6 Å². The first kappa shape index (κ1) is 20.7. The Morgan fingerprint density at radius 2 is 1.85 bits per heavy atom. The molecule has 33 heavy (non-hydrogen) atoms. The van der Waals surface area contributed by atoms with Gasteiger partial charge in [-0.1, -0.05) is 29.5 Å². The van der Waals surface area contributed by atoms with Crippen molar-refractivity contribution in [2.45, 2.75) is 13.0 Å². The lowest BCUT2D eigenvalue weighted by molar-refractivity contribution is 0.345. The molecule has 6 rings (SSSR count). The molecule has 1 N–H and O–H groups in total. The molecule has 0 aliphatic carbocycles. The first-order chi connectivity index (χ1) is 16.1. The summed E-state index contributed by atoms with van der Waals surface area (Å²) in [6, 6.07) is 16.8. The quantitative estimate of drug-likeness (QED) is 0.638. The zero-order valence-corrected chi connectivity index (χ0v) is 19.9. The van der Waals surface area contributed by atoms with E-state index in [0.717, 1.165) is 60.9 Å². The first-order valence-electron chi connectivity index (χ1n) is 11.7. The fraction of sp³-hybridized carbons (Fsp3) is 0.385. The number of aromatic nitrogens is 1. The van der Waals surface area contributed by atoms with E-state index in [4.69, 9.17) is 4.98 Å². The molecule has 7 heteroatoms. The number of hydrogen-bond donors (Lipinski definition) is 1. The summed E-state index contributed by atoms with van der Waals surface area (Å²) in [4.78, 5) is 8.89. The highest BCUT2D eigenvalue weighted by Gasteiger charge is 2.34. The van der Waals surface area contributed by atoms with Gasteiger partial charge in [0.25, 0.3) is 0 Å². The minimum atomic E-state index is 0.676. The molecular weight excluding hydrogens is 428 g/mol. The Bertz CT molecular complexity index is 1230. The van der Waals surface area contributed by atoms with Gasteiger partial charge in [0.05, 0.1) is 27.9 Å². The Labute approximate surface area is 199 Å². The Morgan fingerprint density at radius 3 is 2.67 bits per heavy atom. The average Bonchev–Trinajstić information content (AvgIpc) is 3.56. The number of hydrazine groups is 1. The number of nitrogens with one attached hydrogen (secondary N) is 1. The number of hydrogen-bond acceptors (Lipinski definition) is 7. The van der Waals surface area contributed by atoms with Gasteiger partial charge in [-0.15, -0.1) is 0 Å². The third kappa shape index (κ3) is 3.59. The van der Waals surface area contributed by atoms with Crippen LogP contribution < -0.4 is 15.2 Å². The summed E-state index contributed by atoms with van der Waals surface area (Å²) >= 11 is 1.81. The van der Waals surface area contributed by atoms with Gasteiger partial charge >= 0.3 is 0 Å². The molecule has 0 saturated carbocycles. The molecule has 1 aromatic heterocycles. The number of nitriles is 1. The van der Waals surface area contributed by atoms with E-state index >= 15 is 0 Å². The number of benzene rings is 2. The van der Waals surface area contributed by atoms with Crippen molar-refractivity contribution in [1.82, 2.24) is 15.3 Å². The maximum Gasteiger partial charge on any atom is 0.186 e. The Morgan fingerprint density at radius 1 is 1.06 bits per heavy atom. The molecule has 0 radical (unpaired) electrons. The van der Waals surface area contributed by atoms with Crippen molar-refractivity contribution in [3.05, 3.63) is 53.6 Å². The van der Waals surface area contributed by atoms with Gasteiger partial charge in [0, 0.05) is 39.3 Å². The lowest BCUT2D eigenvalue weighted by atomic mass is 9.89. The van der Waals surface area contributed by atoms with Gasteiger partial charge in [-0.3, -0.25) is 0 Å². The number of rotatable bonds is 3. The molecule has 2 atom stereocenters. The van der Waals surface area contributed by atoms with Gasteiger partial charge in [-0.2, -0.15) is 5.26 Å². The Kier molecular flexibility index (Phi) is 5.10. The lowest BCUT2D eigenvalue weighted by Gasteiger charge is -2.34. The van der Waals surface area contributed by atoms with Crippen LogP contribution in [0.4, 0.5) is 10.8 Å². The van der Waals surface area contributed by atoms with Crippen molar-refractivity contribution < 1.29 is 0 Å². The summed E-state index contributed by atoms with van der Waals surface area (Å²) in [6.45, 7) is 5.35. The van der Waals surface area contributed by atoms with E-state index < -0.39 is 0 Å². The first-order valence-corrected chi connectivity index (χ1v) is 12.5. The molecule has 2 aromatic carbocycles. The molecule has 168 valence electrons. The molecule has 3 aliphatic rings. The summed E-state index contributed by atoms with van der Waals surface area (Å²) < 4.78 is 0. The highest BCUT2D eigenvalue weighted by Crippen LogP contribution is 2.43. The highest BCUT2D eigenvalue weighted by molar-refractivity contribution is 7.19. The van der Waals surface area contributed by atoms with Crippen molar-refractivity contribution >= 4 is 22.2 Å². The van der Waals surface area contributed by atoms with Crippen LogP contribution in [0.2, 0.25) is 0 Å². The fourth-order valence-corrected chi connectivity index (χ4v) is 6.57. The third-order valence-corrected chi connectivity index (χ3v) is 8.65. The van der Waals surface area contributed by atoms with Gasteiger partial charge in [0.15, 0.2) is 5.13 Å². The summed E-state index contributed by atoms with van der Waals surface area (Å²) in [7, 11) is 4.23. The SMILES string of the molecule is CN1Cc2cc(-c3sc(N4CCC5CNCC5C4)nc3-c3ccc(C#N)cc3)ccc2N1C. The summed E-state index contributed by atoms with van der Waals surface area (Å²) in [5.41, 5.74) is 6.59. The molecule has 6 nitrogen and oxygen atoms in total. The molecule has 2 saturated heterocycles. The number of piperidine rings is 1. The van der Waals surface area contributed by atoms with Crippen LogP contribution >= 0.6 is 11.3 Å². The fourth-order valence-electron chi connectivity index (χ4n) is 5.45. The zero-order chi connectivity index (χ0) is 22.5. The normalized spacial score (nSPS) is 22.3. The minimum absolute atomic E-state index is 0.676. The van der Waals surface area contributed by atoms with Crippen molar-refractivity contribution in [3.8, 4) is 27.8 Å². The number of nitrogens with zero attached hydrogens (tertiary/aromatic N) is 5. The zero-order valence-electron chi connectivity index (χ0n) is 19.1. The van der Waals surface area contributed by atoms with Crippen LogP contribution in [0.15, 0.2) is 42.5 Å². The highest BCUT2D eigenvalue weighted by atomic mass is 32.1. The average molecular weight is 457 g/mol. The van der Waals surface area contributed by atoms with Crippen molar-refractivity contribution in [2.75, 3.05) is 50.2 Å². The maximum absolute atomic E-state index is 9.23. The van der Waals surface area contributed by atoms with E-state index in [0.29, 0.717) is 5.56 Å². The van der Waals surface area contributed by atoms with Gasteiger partial charge < -0.3 is 15.2 Å². The van der Waals surface area contributed by atoms with Crippen LogP contribution in [0.5, 0.6) is 0 Å². The second-order valence-corrected chi connectivity index (χ2v) is 10.4. The number of anilines is 2. The van der Waals surface area contributed by atoms with Crippen LogP contribution in [-0.2, 0) is 6.54 Å². The second kappa shape index (κ2) is 8.14. The van der Waals surface area contributed by atoms with Crippen molar-refractivity contribution in [1.29, 1.82) is 5.26 Å². The Balaban J connectivity index is 1.41. The van der Waals surface area contributed by atoms with Crippen LogP contribution in [0.25, 0.3) is 21.7 Å². The van der Waals surface area contributed by atoms with Crippen molar-refractivity contribution in [2.24, 2.45) is 11.8 Å². The van der Waals surface area contributed by atoms with Crippen molar-refractivity contribution in [3.63, 3.8) is 0 Å². The third-order valence-electron chi connectivity index (χ3n) is 7.48. The summed E-state index contributed by atoms with van der Waals surface area (Å²) in [5.74, 6) is 1.53. The molecule has 3 aliphatic heterocycles. The largest absolute Gasteiger partial charge is 0.348 e. The van der Waals surface area contributed by atoms with Gasteiger partial charge in [-0.25, -0.2) is 9.99 Å². The minimum Gasteiger partial charge on any atom is -0.348 e. The van der Waals surface area contributed by atoms with E-state index in [1.54, 1.807) is 0 Å². The van der Waals surface area contributed by atoms with E-state index in [-0.39, 0.29) is 0 Å². The number of fused-ring (bicyclic) bond motifs is 2. The van der Waals surface area contributed by atoms with Gasteiger partial charge in [0.1, 0.15) is 0 Å². The summed E-state index contributed by atoms with van der Waals surface area (Å²) in [6.07, 6.45) is 1.23. The van der Waals surface area contributed by atoms with Crippen LogP contribution in [0, 0.1) is 23.2 Å². The maximum atomic E-state index is 9.23. The molecular formula is C26H28N6S. The molecule has 2 unspecified atom stereocenters. The molecule has 4 heterocycles. The van der Waals surface area contributed by atoms with Crippen LogP contribution in [0.3, 0.4) is 0 Å². The molecule has 0 amide bonds. The molecule has 0 bridgehead atoms. The molecule has 2 fully saturated rings. The monoisotopic (exact) mass is 456 g/mol. The predicted octanol–water partition coefficient (Wildman–Crippen LogP) is 4.19. The number of thiazole rings is 1. The van der Waals surface area contributed by atoms with E-state index in [1.807, 2.05) is 35.6 Å². The van der Waals surface area contributed by atoms with Crippen LogP contribution in [-0.4, -0.2) is 50.3 Å². The van der Waals surface area contributed by atoms with Crippen LogP contribution in [0.1, 0.15) is 17.5 Å². The lowest BCUT2D eigenvalue weighted by Crippen LogP contribution is -2.39. The second-order valence-electron chi connectivity index (χ2n) is 9.46. The smallest absolute Gasteiger partial charge is 0.186 e. The van der Waals surface area contributed by atoms with E-state index in [9.17, 15) is 5.26 Å². The Hall–Kier alpha value is -2.92.